The van der Waals surface area contributed by atoms with Gasteiger partial charge in [-0.05, 0) is 31.4 Å². The van der Waals surface area contributed by atoms with Crippen molar-refractivity contribution in [1.29, 1.82) is 0 Å². The fourth-order valence-corrected chi connectivity index (χ4v) is 3.42. The van der Waals surface area contributed by atoms with Gasteiger partial charge in [0.15, 0.2) is 5.13 Å². The molecule has 0 aliphatic carbocycles. The summed E-state index contributed by atoms with van der Waals surface area (Å²) >= 11 is 1.41. The van der Waals surface area contributed by atoms with E-state index in [4.69, 9.17) is 10.5 Å². The van der Waals surface area contributed by atoms with Gasteiger partial charge in [0.05, 0.1) is 24.1 Å². The van der Waals surface area contributed by atoms with Crippen LogP contribution in [0.3, 0.4) is 0 Å². The third-order valence-corrected chi connectivity index (χ3v) is 4.81. The van der Waals surface area contributed by atoms with Gasteiger partial charge in [0.1, 0.15) is 0 Å². The van der Waals surface area contributed by atoms with Gasteiger partial charge in [-0.25, -0.2) is 4.98 Å². The van der Waals surface area contributed by atoms with Crippen molar-refractivity contribution < 1.29 is 9.53 Å². The van der Waals surface area contributed by atoms with Crippen LogP contribution in [-0.2, 0) is 22.6 Å². The highest BCUT2D eigenvalue weighted by Crippen LogP contribution is 2.17. The highest BCUT2D eigenvalue weighted by atomic mass is 32.1. The van der Waals surface area contributed by atoms with Crippen molar-refractivity contribution in [2.45, 2.75) is 38.4 Å². The maximum absolute atomic E-state index is 12.4. The number of nitrogens with zero attached hydrogens (tertiary/aromatic N) is 3. The lowest BCUT2D eigenvalue weighted by molar-refractivity contribution is -0.135. The molecule has 0 saturated carbocycles. The first-order chi connectivity index (χ1) is 11.7. The Balaban J connectivity index is 1.45. The molecule has 1 atom stereocenters. The molecular weight excluding hydrogens is 324 g/mol. The first-order valence-corrected chi connectivity index (χ1v) is 9.08. The predicted molar refractivity (Wildman–Crippen MR) is 93.5 cm³/mol. The summed E-state index contributed by atoms with van der Waals surface area (Å²) in [6, 6.07) is 5.79. The van der Waals surface area contributed by atoms with Gasteiger partial charge in [-0.1, -0.05) is 6.07 Å². The van der Waals surface area contributed by atoms with Crippen molar-refractivity contribution in [1.82, 2.24) is 14.9 Å². The van der Waals surface area contributed by atoms with Crippen LogP contribution in [0, 0.1) is 0 Å². The van der Waals surface area contributed by atoms with Gasteiger partial charge in [-0.3, -0.25) is 9.78 Å². The molecule has 1 fully saturated rings. The molecule has 2 aromatic heterocycles. The zero-order valence-corrected chi connectivity index (χ0v) is 14.4. The number of likely N-dealkylation sites (tertiary alicyclic amines) is 1. The molecule has 1 saturated heterocycles. The van der Waals surface area contributed by atoms with Crippen LogP contribution in [-0.4, -0.2) is 40.0 Å². The standard InChI is InChI=1S/C17H22N4O2S/c18-17-20-14(12-24-17)6-7-16(22)21-9-3-5-15(10-21)23-11-13-4-1-2-8-19-13/h1-2,4,8,12,15H,3,5-7,9-11H2,(H2,18,20)/t15-/m0/s1. The van der Waals surface area contributed by atoms with Crippen LogP contribution in [0.4, 0.5) is 5.13 Å². The smallest absolute Gasteiger partial charge is 0.223 e. The number of pyridine rings is 1. The summed E-state index contributed by atoms with van der Waals surface area (Å²) in [5, 5.41) is 2.47. The van der Waals surface area contributed by atoms with Crippen molar-refractivity contribution in [2.24, 2.45) is 0 Å². The van der Waals surface area contributed by atoms with Gasteiger partial charge >= 0.3 is 0 Å². The minimum Gasteiger partial charge on any atom is -0.375 e. The van der Waals surface area contributed by atoms with Gasteiger partial charge in [0.25, 0.3) is 0 Å². The SMILES string of the molecule is Nc1nc(CCC(=O)N2CCC[C@H](OCc3ccccn3)C2)cs1. The number of carbonyl (C=O) groups excluding carboxylic acids is 1. The maximum Gasteiger partial charge on any atom is 0.223 e. The summed E-state index contributed by atoms with van der Waals surface area (Å²) in [5.41, 5.74) is 7.43. The zero-order valence-electron chi connectivity index (χ0n) is 13.6. The molecule has 1 aliphatic heterocycles. The first kappa shape index (κ1) is 16.9. The van der Waals surface area contributed by atoms with E-state index in [-0.39, 0.29) is 12.0 Å². The Morgan fingerprint density at radius 3 is 3.08 bits per heavy atom. The Morgan fingerprint density at radius 2 is 2.33 bits per heavy atom. The van der Waals surface area contributed by atoms with Crippen LogP contribution >= 0.6 is 11.3 Å². The van der Waals surface area contributed by atoms with E-state index < -0.39 is 0 Å². The average Bonchev–Trinajstić information content (AvgIpc) is 3.04. The topological polar surface area (TPSA) is 81.3 Å². The normalized spacial score (nSPS) is 17.8. The second kappa shape index (κ2) is 8.21. The van der Waals surface area contributed by atoms with Gasteiger partial charge in [0, 0.05) is 31.1 Å². The van der Waals surface area contributed by atoms with E-state index in [1.807, 2.05) is 28.5 Å². The molecule has 3 heterocycles. The number of carbonyl (C=O) groups is 1. The van der Waals surface area contributed by atoms with Gasteiger partial charge in [-0.2, -0.15) is 0 Å². The molecule has 7 heteroatoms. The fourth-order valence-electron chi connectivity index (χ4n) is 2.82. The van der Waals surface area contributed by atoms with E-state index in [2.05, 4.69) is 9.97 Å². The summed E-state index contributed by atoms with van der Waals surface area (Å²) in [4.78, 5) is 22.8. The van der Waals surface area contributed by atoms with Crippen molar-refractivity contribution in [3.05, 3.63) is 41.2 Å². The monoisotopic (exact) mass is 346 g/mol. The predicted octanol–water partition coefficient (Wildman–Crippen LogP) is 2.26. The molecule has 0 aromatic carbocycles. The number of thiazole rings is 1. The van der Waals surface area contributed by atoms with Gasteiger partial charge in [-0.15, -0.1) is 11.3 Å². The molecule has 6 nitrogen and oxygen atoms in total. The van der Waals surface area contributed by atoms with Crippen LogP contribution in [0.15, 0.2) is 29.8 Å². The van der Waals surface area contributed by atoms with E-state index in [0.717, 1.165) is 30.8 Å². The molecule has 24 heavy (non-hydrogen) atoms. The van der Waals surface area contributed by atoms with Crippen molar-refractivity contribution in [3.63, 3.8) is 0 Å². The molecule has 0 unspecified atom stereocenters. The molecule has 2 N–H and O–H groups in total. The third-order valence-electron chi connectivity index (χ3n) is 4.09. The lowest BCUT2D eigenvalue weighted by atomic mass is 10.1. The Morgan fingerprint density at radius 1 is 1.42 bits per heavy atom. The summed E-state index contributed by atoms with van der Waals surface area (Å²) in [7, 11) is 0. The fraction of sp³-hybridized carbons (Fsp3) is 0.471. The number of hydrogen-bond donors (Lipinski definition) is 1. The van der Waals surface area contributed by atoms with Crippen molar-refractivity contribution in [2.75, 3.05) is 18.8 Å². The summed E-state index contributed by atoms with van der Waals surface area (Å²) in [6.07, 6.45) is 4.92. The quantitative estimate of drug-likeness (QED) is 0.868. The van der Waals surface area contributed by atoms with E-state index in [1.54, 1.807) is 6.20 Å². The van der Waals surface area contributed by atoms with Crippen LogP contribution in [0.2, 0.25) is 0 Å². The third kappa shape index (κ3) is 4.75. The summed E-state index contributed by atoms with van der Waals surface area (Å²) in [6.45, 7) is 1.96. The molecule has 1 amide bonds. The van der Waals surface area contributed by atoms with Crippen LogP contribution in [0.25, 0.3) is 0 Å². The Bertz CT molecular complexity index is 662. The largest absolute Gasteiger partial charge is 0.375 e. The number of aryl methyl sites for hydroxylation is 1. The van der Waals surface area contributed by atoms with Crippen LogP contribution < -0.4 is 5.73 Å². The van der Waals surface area contributed by atoms with Crippen LogP contribution in [0.1, 0.15) is 30.7 Å². The second-order valence-corrected chi connectivity index (χ2v) is 6.80. The number of ether oxygens (including phenoxy) is 1. The maximum atomic E-state index is 12.4. The van der Waals surface area contributed by atoms with Gasteiger partial charge in [0.2, 0.25) is 5.91 Å². The second-order valence-electron chi connectivity index (χ2n) is 5.91. The van der Waals surface area contributed by atoms with E-state index >= 15 is 0 Å². The molecule has 0 radical (unpaired) electrons. The molecular formula is C17H22N4O2S. The number of piperidine rings is 1. The van der Waals surface area contributed by atoms with Crippen molar-refractivity contribution in [3.8, 4) is 0 Å². The zero-order chi connectivity index (χ0) is 16.8. The number of rotatable bonds is 6. The Labute approximate surface area is 145 Å². The number of nitrogens with two attached hydrogens (primary N) is 1. The molecule has 0 bridgehead atoms. The number of anilines is 1. The lowest BCUT2D eigenvalue weighted by Gasteiger charge is -2.32. The Hall–Kier alpha value is -1.99. The van der Waals surface area contributed by atoms with E-state index in [9.17, 15) is 4.79 Å². The van der Waals surface area contributed by atoms with E-state index in [1.165, 1.54) is 11.3 Å². The Kier molecular flexibility index (Phi) is 5.77. The minimum atomic E-state index is 0.0830. The molecule has 3 rings (SSSR count). The summed E-state index contributed by atoms with van der Waals surface area (Å²) in [5.74, 6) is 0.160. The highest BCUT2D eigenvalue weighted by molar-refractivity contribution is 7.13. The first-order valence-electron chi connectivity index (χ1n) is 8.20. The minimum absolute atomic E-state index is 0.0830. The lowest BCUT2D eigenvalue weighted by Crippen LogP contribution is -2.43. The van der Waals surface area contributed by atoms with E-state index in [0.29, 0.717) is 31.1 Å². The number of hydrogen-bond acceptors (Lipinski definition) is 6. The molecule has 0 spiro atoms. The molecule has 1 aliphatic rings. The molecule has 2 aromatic rings. The number of amides is 1. The van der Waals surface area contributed by atoms with Crippen LogP contribution in [0.5, 0.6) is 0 Å². The number of nitrogen functional groups attached to an aromatic ring is 1. The average molecular weight is 346 g/mol. The highest BCUT2D eigenvalue weighted by Gasteiger charge is 2.24. The van der Waals surface area contributed by atoms with Crippen molar-refractivity contribution >= 4 is 22.4 Å². The number of aromatic nitrogens is 2. The van der Waals surface area contributed by atoms with Gasteiger partial charge < -0.3 is 15.4 Å². The summed E-state index contributed by atoms with van der Waals surface area (Å²) < 4.78 is 5.93. The molecule has 128 valence electrons.